The molecule has 5 aromatic rings. The van der Waals surface area contributed by atoms with E-state index in [1.807, 2.05) is 85.6 Å². The first-order valence-electron chi connectivity index (χ1n) is 21.2. The van der Waals surface area contributed by atoms with Gasteiger partial charge in [0, 0.05) is 47.6 Å². The number of hydrogen-bond donors (Lipinski definition) is 3. The van der Waals surface area contributed by atoms with Gasteiger partial charge in [0.05, 0.1) is 48.7 Å². The highest BCUT2D eigenvalue weighted by Crippen LogP contribution is 2.39. The number of ether oxygens (including phenoxy) is 2. The normalized spacial score (nSPS) is 19.1. The van der Waals surface area contributed by atoms with Gasteiger partial charge < -0.3 is 34.6 Å². The number of rotatable bonds is 12. The van der Waals surface area contributed by atoms with Crippen LogP contribution in [0.4, 0.5) is 4.79 Å². The number of hydrogen-bond acceptors (Lipinski definition) is 8. The first kappa shape index (κ1) is 41.8. The Hall–Kier alpha value is -5.95. The molecule has 3 amide bonds. The maximum absolute atomic E-state index is 13.8. The number of carbonyl (C=O) groups excluding carboxylic acids is 3. The summed E-state index contributed by atoms with van der Waals surface area (Å²) < 4.78 is 11.4. The van der Waals surface area contributed by atoms with Gasteiger partial charge in [-0.1, -0.05) is 81.8 Å². The Morgan fingerprint density at radius 2 is 1.51 bits per heavy atom. The van der Waals surface area contributed by atoms with Gasteiger partial charge in [0.15, 0.2) is 0 Å². The number of amides is 3. The van der Waals surface area contributed by atoms with Crippen molar-refractivity contribution in [2.45, 2.75) is 90.6 Å². The van der Waals surface area contributed by atoms with E-state index in [1.54, 1.807) is 11.1 Å². The van der Waals surface area contributed by atoms with Crippen LogP contribution in [0.5, 0.6) is 5.75 Å². The summed E-state index contributed by atoms with van der Waals surface area (Å²) in [4.78, 5) is 64.3. The fourth-order valence-corrected chi connectivity index (χ4v) is 8.84. The quantitative estimate of drug-likeness (QED) is 0.113. The van der Waals surface area contributed by atoms with Gasteiger partial charge in [-0.15, -0.1) is 0 Å². The van der Waals surface area contributed by atoms with Crippen molar-refractivity contribution in [1.82, 2.24) is 35.1 Å². The number of aliphatic imine (C=N–C) groups is 1. The molecule has 3 aromatic carbocycles. The lowest BCUT2D eigenvalue weighted by molar-refractivity contribution is -0.135. The second-order valence-corrected chi connectivity index (χ2v) is 17.3. The van der Waals surface area contributed by atoms with Crippen LogP contribution < -0.4 is 10.1 Å². The molecular formula is C47H53ClN8O5. The molecule has 3 aliphatic rings. The Labute approximate surface area is 361 Å². The lowest BCUT2D eigenvalue weighted by Gasteiger charge is -2.30. The lowest BCUT2D eigenvalue weighted by atomic mass is 9.96. The van der Waals surface area contributed by atoms with Crippen molar-refractivity contribution in [2.75, 3.05) is 20.2 Å². The van der Waals surface area contributed by atoms with E-state index in [0.29, 0.717) is 41.9 Å². The van der Waals surface area contributed by atoms with Gasteiger partial charge in [0.1, 0.15) is 23.4 Å². The topological polar surface area (TPSA) is 158 Å². The van der Waals surface area contributed by atoms with Crippen LogP contribution in [0.15, 0.2) is 84.1 Å². The molecule has 3 aliphatic heterocycles. The number of nitrogens with one attached hydrogen (secondary N) is 3. The van der Waals surface area contributed by atoms with Gasteiger partial charge in [-0.05, 0) is 72.9 Å². The number of likely N-dealkylation sites (tertiary alicyclic amines) is 2. The number of fused-ring (bicyclic) bond motifs is 1. The summed E-state index contributed by atoms with van der Waals surface area (Å²) in [5, 5.41) is 3.34. The van der Waals surface area contributed by atoms with E-state index in [1.165, 1.54) is 7.11 Å². The Balaban J connectivity index is 1.05. The zero-order chi connectivity index (χ0) is 42.8. The molecule has 5 heterocycles. The molecule has 2 fully saturated rings. The maximum atomic E-state index is 13.8. The average molecular weight is 845 g/mol. The van der Waals surface area contributed by atoms with Gasteiger partial charge >= 0.3 is 6.09 Å². The van der Waals surface area contributed by atoms with Crippen molar-refractivity contribution in [2.24, 2.45) is 16.8 Å². The Morgan fingerprint density at radius 1 is 0.869 bits per heavy atom. The minimum atomic E-state index is -0.718. The molecule has 14 heteroatoms. The van der Waals surface area contributed by atoms with E-state index in [0.717, 1.165) is 83.0 Å². The van der Waals surface area contributed by atoms with Gasteiger partial charge in [-0.3, -0.25) is 9.59 Å². The molecule has 1 unspecified atom stereocenters. The number of halogens is 1. The molecule has 0 saturated carbocycles. The molecular weight excluding hydrogens is 792 g/mol. The van der Waals surface area contributed by atoms with Crippen LogP contribution in [0.25, 0.3) is 22.5 Å². The zero-order valence-corrected chi connectivity index (χ0v) is 36.0. The third-order valence-electron chi connectivity index (χ3n) is 11.8. The first-order valence-corrected chi connectivity index (χ1v) is 21.6. The number of aromatic amines is 2. The zero-order valence-electron chi connectivity index (χ0n) is 35.3. The predicted octanol–water partition coefficient (Wildman–Crippen LogP) is 9.00. The van der Waals surface area contributed by atoms with E-state index in [4.69, 9.17) is 36.0 Å². The SMILES string of the molecule is COC(=O)N[C@H](C(=O)N1CCC[C@H]1c1ncc(-c2ccc3c(c2)OC(c2ccccc2)N=C3Cc2cc(-c3cnc([C@@H]4CCCN4C(=O)CC(C)C)[nH]3)ccc2Cl)[nH]1)C(C)C. The van der Waals surface area contributed by atoms with Crippen LogP contribution in [0, 0.1) is 11.8 Å². The molecule has 0 aliphatic carbocycles. The first-order chi connectivity index (χ1) is 29.5. The van der Waals surface area contributed by atoms with E-state index < -0.39 is 18.4 Å². The van der Waals surface area contributed by atoms with E-state index in [2.05, 4.69) is 35.2 Å². The van der Waals surface area contributed by atoms with Crippen molar-refractivity contribution in [3.8, 4) is 28.3 Å². The highest BCUT2D eigenvalue weighted by Gasteiger charge is 2.38. The fourth-order valence-electron chi connectivity index (χ4n) is 8.66. The predicted molar refractivity (Wildman–Crippen MR) is 234 cm³/mol. The van der Waals surface area contributed by atoms with Crippen LogP contribution in [-0.4, -0.2) is 79.6 Å². The highest BCUT2D eigenvalue weighted by molar-refractivity contribution is 6.31. The number of aromatic nitrogens is 4. The van der Waals surface area contributed by atoms with E-state index in [-0.39, 0.29) is 29.8 Å². The molecule has 13 nitrogen and oxygen atoms in total. The molecule has 0 radical (unpaired) electrons. The average Bonchev–Trinajstić information content (AvgIpc) is 4.10. The molecule has 0 spiro atoms. The summed E-state index contributed by atoms with van der Waals surface area (Å²) in [5.41, 5.74) is 6.98. The third kappa shape index (κ3) is 8.93. The minimum absolute atomic E-state index is 0.0612. The number of benzene rings is 3. The third-order valence-corrected chi connectivity index (χ3v) is 12.2. The number of imidazole rings is 2. The van der Waals surface area contributed by atoms with Crippen LogP contribution >= 0.6 is 11.6 Å². The number of H-pyrrole nitrogens is 2. The molecule has 2 aromatic heterocycles. The molecule has 318 valence electrons. The van der Waals surface area contributed by atoms with Crippen molar-refractivity contribution >= 4 is 35.2 Å². The molecule has 0 bridgehead atoms. The Kier molecular flexibility index (Phi) is 12.3. The monoisotopic (exact) mass is 844 g/mol. The van der Waals surface area contributed by atoms with Gasteiger partial charge in [0.25, 0.3) is 0 Å². The van der Waals surface area contributed by atoms with Gasteiger partial charge in [-0.2, -0.15) is 0 Å². The summed E-state index contributed by atoms with van der Waals surface area (Å²) in [5.74, 6) is 2.35. The highest BCUT2D eigenvalue weighted by atomic mass is 35.5. The van der Waals surface area contributed by atoms with Crippen molar-refractivity contribution in [3.05, 3.63) is 112 Å². The number of carbonyl (C=O) groups is 3. The molecule has 4 atom stereocenters. The van der Waals surface area contributed by atoms with Crippen molar-refractivity contribution in [3.63, 3.8) is 0 Å². The summed E-state index contributed by atoms with van der Waals surface area (Å²) in [7, 11) is 1.29. The summed E-state index contributed by atoms with van der Waals surface area (Å²) in [6, 6.07) is 20.9. The molecule has 61 heavy (non-hydrogen) atoms. The summed E-state index contributed by atoms with van der Waals surface area (Å²) >= 11 is 6.92. The van der Waals surface area contributed by atoms with Crippen LogP contribution in [-0.2, 0) is 20.7 Å². The second kappa shape index (κ2) is 18.0. The fraction of sp³-hybridized carbons (Fsp3) is 0.404. The van der Waals surface area contributed by atoms with Gasteiger partial charge in [-0.25, -0.2) is 19.8 Å². The van der Waals surface area contributed by atoms with Gasteiger partial charge in [0.2, 0.25) is 18.0 Å². The molecule has 2 saturated heterocycles. The van der Waals surface area contributed by atoms with E-state index >= 15 is 0 Å². The maximum Gasteiger partial charge on any atom is 0.407 e. The largest absolute Gasteiger partial charge is 0.464 e. The molecule has 3 N–H and O–H groups in total. The van der Waals surface area contributed by atoms with Crippen LogP contribution in [0.2, 0.25) is 5.02 Å². The number of methoxy groups -OCH3 is 1. The summed E-state index contributed by atoms with van der Waals surface area (Å²) in [6.07, 6.45) is 6.80. The van der Waals surface area contributed by atoms with Crippen molar-refractivity contribution < 1.29 is 23.9 Å². The summed E-state index contributed by atoms with van der Waals surface area (Å²) in [6.45, 7) is 9.26. The number of alkyl carbamates (subject to hydrolysis) is 1. The van der Waals surface area contributed by atoms with Crippen LogP contribution in [0.1, 0.15) is 106 Å². The Morgan fingerprint density at radius 3 is 2.16 bits per heavy atom. The van der Waals surface area contributed by atoms with Crippen LogP contribution in [0.3, 0.4) is 0 Å². The molecule has 8 rings (SSSR count). The Bertz CT molecular complexity index is 2430. The second-order valence-electron chi connectivity index (χ2n) is 16.9. The lowest BCUT2D eigenvalue weighted by Crippen LogP contribution is -2.51. The smallest absolute Gasteiger partial charge is 0.407 e. The van der Waals surface area contributed by atoms with Crippen molar-refractivity contribution in [1.29, 1.82) is 0 Å². The van der Waals surface area contributed by atoms with E-state index in [9.17, 15) is 14.4 Å². The number of nitrogens with zero attached hydrogens (tertiary/aromatic N) is 5. The minimum Gasteiger partial charge on any atom is -0.464 e. The standard InChI is InChI=1S/C47H53ClN8O5/c1-27(2)21-41(57)55-19-9-13-38(55)43-49-25-36(51-43)30-16-18-34(48)32(22-30)23-35-33-17-15-31(24-40(33)61-45(53-35)29-11-7-6-8-12-29)37-26-50-44(52-37)39-14-10-20-56(39)46(58)42(28(3)4)54-47(59)60-5/h6-8,11-12,15-18,22,24-28,38-39,42,45H,9-10,13-14,19-21,23H2,1-5H3,(H,49,51)(H,50,52)(H,54,59)/t38-,39-,42-,45?/m0/s1.